The fourth-order valence-electron chi connectivity index (χ4n) is 1.49. The van der Waals surface area contributed by atoms with E-state index in [2.05, 4.69) is 4.74 Å². The van der Waals surface area contributed by atoms with Gasteiger partial charge in [0.2, 0.25) is 0 Å². The lowest BCUT2D eigenvalue weighted by Gasteiger charge is -2.10. The average molecular weight is 283 g/mol. The van der Waals surface area contributed by atoms with Gasteiger partial charge in [0.05, 0.1) is 38.2 Å². The molecule has 1 rings (SSSR count). The third-order valence-corrected chi connectivity index (χ3v) is 2.56. The highest BCUT2D eigenvalue weighted by molar-refractivity contribution is 5.90. The molecule has 0 spiro atoms. The van der Waals surface area contributed by atoms with Crippen molar-refractivity contribution >= 4 is 11.7 Å². The molecule has 0 bridgehead atoms. The molecule has 112 valence electrons. The molecule has 0 amide bonds. The Morgan fingerprint density at radius 2 is 1.95 bits per heavy atom. The van der Waals surface area contributed by atoms with Crippen molar-refractivity contribution in [2.75, 3.05) is 46.4 Å². The minimum atomic E-state index is -0.419. The molecule has 0 atom stereocenters. The molecule has 1 aromatic carbocycles. The van der Waals surface area contributed by atoms with Crippen molar-refractivity contribution in [3.05, 3.63) is 23.8 Å². The average Bonchev–Trinajstić information content (AvgIpc) is 2.47. The van der Waals surface area contributed by atoms with Gasteiger partial charge in [-0.2, -0.15) is 0 Å². The van der Waals surface area contributed by atoms with Gasteiger partial charge >= 0.3 is 5.97 Å². The number of benzene rings is 1. The van der Waals surface area contributed by atoms with Crippen molar-refractivity contribution < 1.29 is 23.7 Å². The largest absolute Gasteiger partial charge is 0.491 e. The zero-order valence-corrected chi connectivity index (χ0v) is 11.9. The molecular weight excluding hydrogens is 262 g/mol. The van der Waals surface area contributed by atoms with Crippen LogP contribution in [0.15, 0.2) is 18.2 Å². The maximum atomic E-state index is 11.4. The van der Waals surface area contributed by atoms with Gasteiger partial charge in [-0.25, -0.2) is 4.79 Å². The number of hydrogen-bond donors (Lipinski definition) is 1. The summed E-state index contributed by atoms with van der Waals surface area (Å²) in [6.07, 6.45) is 0.728. The summed E-state index contributed by atoms with van der Waals surface area (Å²) in [5.74, 6) is 0.0579. The van der Waals surface area contributed by atoms with Crippen LogP contribution in [0, 0.1) is 0 Å². The zero-order chi connectivity index (χ0) is 14.8. The molecule has 6 nitrogen and oxygen atoms in total. The van der Waals surface area contributed by atoms with E-state index >= 15 is 0 Å². The van der Waals surface area contributed by atoms with Gasteiger partial charge in [0.15, 0.2) is 0 Å². The lowest BCUT2D eigenvalue weighted by atomic mass is 10.2. The van der Waals surface area contributed by atoms with Crippen molar-refractivity contribution in [2.24, 2.45) is 0 Å². The lowest BCUT2D eigenvalue weighted by Crippen LogP contribution is -2.08. The standard InChI is InChI=1S/C14H21NO5/c1-17-8-9-19-6-3-7-20-13-10-11(14(16)18-2)4-5-12(13)15/h4-5,10H,3,6-9,15H2,1-2H3. The molecular formula is C14H21NO5. The maximum absolute atomic E-state index is 11.4. The van der Waals surface area contributed by atoms with E-state index in [1.807, 2.05) is 0 Å². The van der Waals surface area contributed by atoms with Crippen LogP contribution in [0.1, 0.15) is 16.8 Å². The van der Waals surface area contributed by atoms with Crippen molar-refractivity contribution in [1.29, 1.82) is 0 Å². The van der Waals surface area contributed by atoms with Crippen LogP contribution in [0.3, 0.4) is 0 Å². The summed E-state index contributed by atoms with van der Waals surface area (Å²) in [6.45, 7) is 2.19. The number of carbonyl (C=O) groups excluding carboxylic acids is 1. The minimum absolute atomic E-state index is 0.410. The lowest BCUT2D eigenvalue weighted by molar-refractivity contribution is 0.0599. The Morgan fingerprint density at radius 1 is 1.15 bits per heavy atom. The summed E-state index contributed by atoms with van der Waals surface area (Å²) in [6, 6.07) is 4.80. The van der Waals surface area contributed by atoms with Gasteiger partial charge in [-0.1, -0.05) is 0 Å². The first-order valence-electron chi connectivity index (χ1n) is 6.36. The number of anilines is 1. The maximum Gasteiger partial charge on any atom is 0.337 e. The first-order valence-corrected chi connectivity index (χ1v) is 6.36. The summed E-state index contributed by atoms with van der Waals surface area (Å²) in [4.78, 5) is 11.4. The van der Waals surface area contributed by atoms with Crippen molar-refractivity contribution in [1.82, 2.24) is 0 Å². The molecule has 0 aromatic heterocycles. The predicted molar refractivity (Wildman–Crippen MR) is 75.0 cm³/mol. The number of nitrogens with two attached hydrogens (primary N) is 1. The number of rotatable bonds is 9. The Kier molecular flexibility index (Phi) is 7.46. The molecule has 6 heteroatoms. The van der Waals surface area contributed by atoms with Gasteiger partial charge in [-0.05, 0) is 18.2 Å². The fourth-order valence-corrected chi connectivity index (χ4v) is 1.49. The number of ether oxygens (including phenoxy) is 4. The van der Waals surface area contributed by atoms with Gasteiger partial charge in [0.1, 0.15) is 5.75 Å². The van der Waals surface area contributed by atoms with E-state index < -0.39 is 5.97 Å². The number of esters is 1. The molecule has 0 saturated carbocycles. The van der Waals surface area contributed by atoms with Crippen LogP contribution >= 0.6 is 0 Å². The molecule has 1 aromatic rings. The molecule has 0 radical (unpaired) electrons. The van der Waals surface area contributed by atoms with Gasteiger partial charge in [-0.3, -0.25) is 0 Å². The van der Waals surface area contributed by atoms with Crippen LogP contribution in [0.4, 0.5) is 5.69 Å². The van der Waals surface area contributed by atoms with E-state index in [1.165, 1.54) is 7.11 Å². The number of methoxy groups -OCH3 is 2. The highest BCUT2D eigenvalue weighted by Gasteiger charge is 2.09. The normalized spacial score (nSPS) is 10.3. The van der Waals surface area contributed by atoms with Crippen LogP contribution in [-0.4, -0.2) is 46.6 Å². The van der Waals surface area contributed by atoms with E-state index in [1.54, 1.807) is 25.3 Å². The predicted octanol–water partition coefficient (Wildman–Crippen LogP) is 1.49. The molecule has 20 heavy (non-hydrogen) atoms. The van der Waals surface area contributed by atoms with Crippen LogP contribution < -0.4 is 10.5 Å². The van der Waals surface area contributed by atoms with Crippen LogP contribution in [-0.2, 0) is 14.2 Å². The summed E-state index contributed by atoms with van der Waals surface area (Å²) in [5, 5.41) is 0. The number of nitrogen functional groups attached to an aromatic ring is 1. The number of hydrogen-bond acceptors (Lipinski definition) is 6. The SMILES string of the molecule is COCCOCCCOc1cc(C(=O)OC)ccc1N. The first-order chi connectivity index (χ1) is 9.69. The summed E-state index contributed by atoms with van der Waals surface area (Å²) in [5.41, 5.74) is 6.68. The molecule has 0 aliphatic rings. The van der Waals surface area contributed by atoms with E-state index in [4.69, 9.17) is 19.9 Å². The Labute approximate surface area is 118 Å². The molecule has 0 aliphatic carbocycles. The summed E-state index contributed by atoms with van der Waals surface area (Å²) < 4.78 is 20.4. The molecule has 0 saturated heterocycles. The second kappa shape index (κ2) is 9.17. The zero-order valence-electron chi connectivity index (χ0n) is 11.9. The van der Waals surface area contributed by atoms with E-state index in [0.717, 1.165) is 6.42 Å². The topological polar surface area (TPSA) is 80.0 Å². The van der Waals surface area contributed by atoms with E-state index in [-0.39, 0.29) is 0 Å². The van der Waals surface area contributed by atoms with Crippen LogP contribution in [0.5, 0.6) is 5.75 Å². The Balaban J connectivity index is 2.37. The van der Waals surface area contributed by atoms with Crippen molar-refractivity contribution in [3.8, 4) is 5.75 Å². The first kappa shape index (κ1) is 16.3. The Morgan fingerprint density at radius 3 is 2.65 bits per heavy atom. The molecule has 0 fully saturated rings. The minimum Gasteiger partial charge on any atom is -0.491 e. The van der Waals surface area contributed by atoms with Crippen molar-refractivity contribution in [3.63, 3.8) is 0 Å². The van der Waals surface area contributed by atoms with E-state index in [9.17, 15) is 4.79 Å². The van der Waals surface area contributed by atoms with E-state index in [0.29, 0.717) is 43.4 Å². The van der Waals surface area contributed by atoms with Gasteiger partial charge in [0.25, 0.3) is 0 Å². The third kappa shape index (κ3) is 5.46. The smallest absolute Gasteiger partial charge is 0.337 e. The summed E-state index contributed by atoms with van der Waals surface area (Å²) >= 11 is 0. The Hall–Kier alpha value is -1.79. The number of carbonyl (C=O) groups is 1. The monoisotopic (exact) mass is 283 g/mol. The third-order valence-electron chi connectivity index (χ3n) is 2.56. The van der Waals surface area contributed by atoms with Gasteiger partial charge in [-0.15, -0.1) is 0 Å². The molecule has 0 aliphatic heterocycles. The van der Waals surface area contributed by atoms with Gasteiger partial charge in [0, 0.05) is 20.1 Å². The molecule has 0 heterocycles. The Bertz CT molecular complexity index is 422. The fraction of sp³-hybridized carbons (Fsp3) is 0.500. The van der Waals surface area contributed by atoms with Gasteiger partial charge < -0.3 is 24.7 Å². The molecule has 0 unspecified atom stereocenters. The molecule has 2 N–H and O–H groups in total. The second-order valence-corrected chi connectivity index (χ2v) is 4.05. The quantitative estimate of drug-likeness (QED) is 0.420. The highest BCUT2D eigenvalue weighted by atomic mass is 16.5. The van der Waals surface area contributed by atoms with Crippen LogP contribution in [0.2, 0.25) is 0 Å². The second-order valence-electron chi connectivity index (χ2n) is 4.05. The van der Waals surface area contributed by atoms with Crippen LogP contribution in [0.25, 0.3) is 0 Å². The summed E-state index contributed by atoms with van der Waals surface area (Å²) in [7, 11) is 2.96. The highest BCUT2D eigenvalue weighted by Crippen LogP contribution is 2.23. The van der Waals surface area contributed by atoms with Crippen molar-refractivity contribution in [2.45, 2.75) is 6.42 Å².